The maximum Gasteiger partial charge on any atom is 0.493 e. The predicted molar refractivity (Wildman–Crippen MR) is 72.9 cm³/mol. The molecule has 0 aromatic carbocycles. The lowest BCUT2D eigenvalue weighted by Crippen LogP contribution is -2.53. The lowest BCUT2D eigenvalue weighted by molar-refractivity contribution is -0.0982. The number of hydrogen-bond acceptors (Lipinski definition) is 5. The summed E-state index contributed by atoms with van der Waals surface area (Å²) < 4.78 is 5.53. The number of anilines is 1. The van der Waals surface area contributed by atoms with Crippen molar-refractivity contribution in [1.29, 1.82) is 0 Å². The summed E-state index contributed by atoms with van der Waals surface area (Å²) in [7, 11) is 0.640. The molecule has 3 N–H and O–H groups in total. The molecule has 1 aromatic heterocycles. The van der Waals surface area contributed by atoms with Gasteiger partial charge in [0.25, 0.3) is 0 Å². The molecule has 0 unspecified atom stereocenters. The highest BCUT2D eigenvalue weighted by atomic mass is 16.5. The van der Waals surface area contributed by atoms with Crippen molar-refractivity contribution in [2.45, 2.75) is 38.9 Å². The van der Waals surface area contributed by atoms with Gasteiger partial charge in [0, 0.05) is 24.9 Å². The third-order valence-electron chi connectivity index (χ3n) is 3.21. The van der Waals surface area contributed by atoms with Crippen LogP contribution in [0.25, 0.3) is 0 Å². The Balaban J connectivity index is 2.85. The fraction of sp³-hybridized carbons (Fsp3) is 0.583. The maximum atomic E-state index is 10.0. The van der Waals surface area contributed by atoms with Gasteiger partial charge in [-0.1, -0.05) is 0 Å². The van der Waals surface area contributed by atoms with E-state index >= 15 is 0 Å². The van der Waals surface area contributed by atoms with Crippen molar-refractivity contribution < 1.29 is 14.8 Å². The quantitative estimate of drug-likeness (QED) is 0.660. The second-order valence-corrected chi connectivity index (χ2v) is 5.30. The van der Waals surface area contributed by atoms with Gasteiger partial charge in [-0.05, 0) is 33.8 Å². The molecule has 100 valence electrons. The monoisotopic (exact) mass is 252 g/mol. The normalized spacial score (nSPS) is 12.4. The molecule has 1 heterocycles. The fourth-order valence-corrected chi connectivity index (χ4v) is 1.22. The minimum atomic E-state index is -1.13. The molecule has 0 aliphatic carbocycles. The summed E-state index contributed by atoms with van der Waals surface area (Å²) >= 11 is 0. The molecule has 0 aliphatic rings. The number of aromatic nitrogens is 1. The van der Waals surface area contributed by atoms with Gasteiger partial charge < -0.3 is 20.1 Å². The lowest BCUT2D eigenvalue weighted by atomic mass is 9.77. The first-order chi connectivity index (χ1) is 8.17. The molecule has 0 bridgehead atoms. The molecule has 18 heavy (non-hydrogen) atoms. The standard InChI is InChI=1S/C12H21BN2O3/c1-11(2,16)12(3,4)18-13(17)9-6-10(14-5)8-15-7-9/h6-8,14,16-17H,1-5H3. The topological polar surface area (TPSA) is 74.6 Å². The van der Waals surface area contributed by atoms with E-state index in [0.29, 0.717) is 5.46 Å². The Morgan fingerprint density at radius 2 is 1.89 bits per heavy atom. The Labute approximate surface area is 108 Å². The van der Waals surface area contributed by atoms with Crippen LogP contribution in [0.3, 0.4) is 0 Å². The van der Waals surface area contributed by atoms with Crippen molar-refractivity contribution in [2.24, 2.45) is 0 Å². The Hall–Kier alpha value is -1.11. The van der Waals surface area contributed by atoms with E-state index in [2.05, 4.69) is 10.3 Å². The van der Waals surface area contributed by atoms with Crippen LogP contribution >= 0.6 is 0 Å². The number of aliphatic hydroxyl groups is 1. The van der Waals surface area contributed by atoms with Crippen LogP contribution in [0.2, 0.25) is 0 Å². The van der Waals surface area contributed by atoms with Crippen LogP contribution in [-0.4, -0.2) is 40.5 Å². The van der Waals surface area contributed by atoms with Gasteiger partial charge in [0.2, 0.25) is 0 Å². The van der Waals surface area contributed by atoms with Gasteiger partial charge in [-0.25, -0.2) is 0 Å². The third kappa shape index (κ3) is 3.44. The zero-order valence-corrected chi connectivity index (χ0v) is 11.6. The largest absolute Gasteiger partial charge is 0.493 e. The van der Waals surface area contributed by atoms with E-state index in [4.69, 9.17) is 4.65 Å². The average Bonchev–Trinajstić information content (AvgIpc) is 2.27. The van der Waals surface area contributed by atoms with Gasteiger partial charge in [-0.3, -0.25) is 4.98 Å². The van der Waals surface area contributed by atoms with E-state index in [1.165, 1.54) is 6.20 Å². The van der Waals surface area contributed by atoms with Crippen LogP contribution < -0.4 is 10.8 Å². The molecule has 0 amide bonds. The predicted octanol–water partition coefficient (Wildman–Crippen LogP) is 0.377. The summed E-state index contributed by atoms with van der Waals surface area (Å²) in [4.78, 5) is 4.00. The molecule has 0 aliphatic heterocycles. The summed E-state index contributed by atoms with van der Waals surface area (Å²) in [6, 6.07) is 1.75. The Kier molecular flexibility index (Phi) is 4.37. The van der Waals surface area contributed by atoms with Gasteiger partial charge in [-0.15, -0.1) is 0 Å². The van der Waals surface area contributed by atoms with E-state index < -0.39 is 18.3 Å². The van der Waals surface area contributed by atoms with E-state index in [1.807, 2.05) is 0 Å². The van der Waals surface area contributed by atoms with Gasteiger partial charge in [0.1, 0.15) is 0 Å². The molecular weight excluding hydrogens is 231 g/mol. The Bertz CT molecular complexity index is 405. The summed E-state index contributed by atoms with van der Waals surface area (Å²) in [5.41, 5.74) is -0.625. The van der Waals surface area contributed by atoms with Crippen LogP contribution in [0, 0.1) is 0 Å². The van der Waals surface area contributed by atoms with E-state index in [9.17, 15) is 10.1 Å². The van der Waals surface area contributed by atoms with Crippen LogP contribution in [0.4, 0.5) is 5.69 Å². The second kappa shape index (κ2) is 5.26. The van der Waals surface area contributed by atoms with E-state index in [0.717, 1.165) is 5.69 Å². The first kappa shape index (κ1) is 15.0. The van der Waals surface area contributed by atoms with Crippen molar-refractivity contribution >= 4 is 18.3 Å². The number of nitrogens with one attached hydrogen (secondary N) is 1. The van der Waals surface area contributed by atoms with Crippen molar-refractivity contribution in [3.8, 4) is 0 Å². The molecular formula is C12H21BN2O3. The van der Waals surface area contributed by atoms with Crippen molar-refractivity contribution in [3.05, 3.63) is 18.5 Å². The zero-order chi connectivity index (χ0) is 14.0. The van der Waals surface area contributed by atoms with Crippen molar-refractivity contribution in [1.82, 2.24) is 4.98 Å². The van der Waals surface area contributed by atoms with Crippen LogP contribution in [-0.2, 0) is 4.65 Å². The van der Waals surface area contributed by atoms with Crippen LogP contribution in [0.5, 0.6) is 0 Å². The molecule has 0 fully saturated rings. The maximum absolute atomic E-state index is 10.0. The highest BCUT2D eigenvalue weighted by Gasteiger charge is 2.39. The van der Waals surface area contributed by atoms with Gasteiger partial charge in [0.15, 0.2) is 0 Å². The van der Waals surface area contributed by atoms with E-state index in [-0.39, 0.29) is 0 Å². The molecule has 6 heteroatoms. The second-order valence-electron chi connectivity index (χ2n) is 5.30. The smallest absolute Gasteiger partial charge is 0.423 e. The minimum Gasteiger partial charge on any atom is -0.423 e. The fourth-order valence-electron chi connectivity index (χ4n) is 1.22. The molecule has 1 aromatic rings. The van der Waals surface area contributed by atoms with Crippen molar-refractivity contribution in [2.75, 3.05) is 12.4 Å². The highest BCUT2D eigenvalue weighted by molar-refractivity contribution is 6.60. The SMILES string of the molecule is CNc1cncc(B(O)OC(C)(C)C(C)(C)O)c1. The molecule has 5 nitrogen and oxygen atoms in total. The molecule has 0 saturated carbocycles. The third-order valence-corrected chi connectivity index (χ3v) is 3.21. The molecule has 0 radical (unpaired) electrons. The van der Waals surface area contributed by atoms with Crippen molar-refractivity contribution in [3.63, 3.8) is 0 Å². The minimum absolute atomic E-state index is 0.541. The summed E-state index contributed by atoms with van der Waals surface area (Å²) in [5, 5.41) is 23.0. The number of hydrogen-bond donors (Lipinski definition) is 3. The highest BCUT2D eigenvalue weighted by Crippen LogP contribution is 2.25. The molecule has 0 saturated heterocycles. The Morgan fingerprint density at radius 1 is 1.28 bits per heavy atom. The lowest BCUT2D eigenvalue weighted by Gasteiger charge is -2.38. The average molecular weight is 252 g/mol. The van der Waals surface area contributed by atoms with E-state index in [1.54, 1.807) is 47.0 Å². The zero-order valence-electron chi connectivity index (χ0n) is 11.6. The molecule has 1 rings (SSSR count). The first-order valence-corrected chi connectivity index (χ1v) is 5.88. The summed E-state index contributed by atoms with van der Waals surface area (Å²) in [5.74, 6) is 0. The van der Waals surface area contributed by atoms with Gasteiger partial charge >= 0.3 is 7.12 Å². The van der Waals surface area contributed by atoms with Crippen LogP contribution in [0.15, 0.2) is 18.5 Å². The molecule has 0 spiro atoms. The summed E-state index contributed by atoms with van der Waals surface area (Å²) in [6.07, 6.45) is 3.18. The number of nitrogens with zero attached hydrogens (tertiary/aromatic N) is 1. The molecule has 0 atom stereocenters. The first-order valence-electron chi connectivity index (χ1n) is 5.88. The van der Waals surface area contributed by atoms with Crippen LogP contribution in [0.1, 0.15) is 27.7 Å². The van der Waals surface area contributed by atoms with Gasteiger partial charge in [-0.2, -0.15) is 0 Å². The summed E-state index contributed by atoms with van der Waals surface area (Å²) in [6.45, 7) is 6.74. The number of pyridine rings is 1. The number of rotatable bonds is 5. The Morgan fingerprint density at radius 3 is 2.39 bits per heavy atom. The van der Waals surface area contributed by atoms with Gasteiger partial charge in [0.05, 0.1) is 16.9 Å².